The van der Waals surface area contributed by atoms with Crippen molar-refractivity contribution in [1.29, 1.82) is 0 Å². The second kappa shape index (κ2) is 8.57. The first-order chi connectivity index (χ1) is 13.1. The summed E-state index contributed by atoms with van der Waals surface area (Å²) in [6.45, 7) is 3.79. The van der Waals surface area contributed by atoms with Gasteiger partial charge in [0.25, 0.3) is 0 Å². The van der Waals surface area contributed by atoms with Gasteiger partial charge in [-0.15, -0.1) is 12.4 Å². The first kappa shape index (κ1) is 20.7. The van der Waals surface area contributed by atoms with Crippen LogP contribution in [0.2, 0.25) is 0 Å². The highest BCUT2D eigenvalue weighted by Gasteiger charge is 2.35. The van der Waals surface area contributed by atoms with E-state index in [9.17, 15) is 8.42 Å². The summed E-state index contributed by atoms with van der Waals surface area (Å²) in [4.78, 5) is 4.62. The molecule has 5 nitrogen and oxygen atoms in total. The van der Waals surface area contributed by atoms with Crippen molar-refractivity contribution in [2.24, 2.45) is 0 Å². The van der Waals surface area contributed by atoms with Crippen LogP contribution in [0.5, 0.6) is 0 Å². The van der Waals surface area contributed by atoms with Gasteiger partial charge in [0, 0.05) is 31.2 Å². The summed E-state index contributed by atoms with van der Waals surface area (Å²) in [6, 6.07) is 17.0. The molecular weight excluding hydrogens is 394 g/mol. The lowest BCUT2D eigenvalue weighted by Gasteiger charge is -2.35. The van der Waals surface area contributed by atoms with Crippen molar-refractivity contribution in [1.82, 2.24) is 14.6 Å². The number of halogens is 1. The molecule has 1 fully saturated rings. The first-order valence-electron chi connectivity index (χ1n) is 9.26. The van der Waals surface area contributed by atoms with E-state index in [1.807, 2.05) is 30.3 Å². The third-order valence-corrected chi connectivity index (χ3v) is 7.09. The van der Waals surface area contributed by atoms with E-state index in [0.717, 1.165) is 17.4 Å². The number of nitrogens with zero attached hydrogens (tertiary/aromatic N) is 2. The van der Waals surface area contributed by atoms with E-state index in [1.165, 1.54) is 5.56 Å². The number of aromatic nitrogens is 1. The monoisotopic (exact) mass is 417 g/mol. The molecule has 4 rings (SSSR count). The van der Waals surface area contributed by atoms with Crippen molar-refractivity contribution in [2.75, 3.05) is 19.6 Å². The molecule has 1 aliphatic heterocycles. The summed E-state index contributed by atoms with van der Waals surface area (Å²) < 4.78 is 28.8. The number of hydrogen-bond acceptors (Lipinski definition) is 4. The van der Waals surface area contributed by atoms with Gasteiger partial charge in [0.2, 0.25) is 10.0 Å². The number of fused-ring (bicyclic) bond motifs is 1. The molecular formula is C21H24ClN3O2S. The van der Waals surface area contributed by atoms with Crippen LogP contribution >= 0.6 is 12.4 Å². The topological polar surface area (TPSA) is 62.3 Å². The molecule has 0 spiro atoms. The maximum Gasteiger partial charge on any atom is 0.245 e. The molecule has 0 saturated carbocycles. The number of pyridine rings is 1. The average Bonchev–Trinajstić information content (AvgIpc) is 2.73. The Hall–Kier alpha value is -1.99. The summed E-state index contributed by atoms with van der Waals surface area (Å²) >= 11 is 0. The Kier molecular flexibility index (Phi) is 6.35. The number of para-hydroxylation sites is 1. The van der Waals surface area contributed by atoms with E-state index in [0.29, 0.717) is 25.2 Å². The standard InChI is InChI=1S/C21H23N3O2S.ClH/c1-2-16-8-10-17(11-9-16)19-15-22-13-14-24(19)27(25,26)20-7-3-5-18-6-4-12-23-21(18)20;/h3-12,19,22H,2,13-15H2,1H3;1H. The van der Waals surface area contributed by atoms with E-state index in [-0.39, 0.29) is 23.3 Å². The van der Waals surface area contributed by atoms with Crippen molar-refractivity contribution < 1.29 is 8.42 Å². The van der Waals surface area contributed by atoms with Gasteiger partial charge in [-0.1, -0.05) is 49.4 Å². The van der Waals surface area contributed by atoms with Gasteiger partial charge in [-0.3, -0.25) is 4.98 Å². The molecule has 28 heavy (non-hydrogen) atoms. The van der Waals surface area contributed by atoms with Crippen LogP contribution in [0.15, 0.2) is 65.7 Å². The van der Waals surface area contributed by atoms with Gasteiger partial charge >= 0.3 is 0 Å². The molecule has 0 bridgehead atoms. The highest BCUT2D eigenvalue weighted by molar-refractivity contribution is 7.89. The van der Waals surface area contributed by atoms with Crippen LogP contribution in [0.25, 0.3) is 10.9 Å². The van der Waals surface area contributed by atoms with Gasteiger partial charge < -0.3 is 5.32 Å². The zero-order valence-electron chi connectivity index (χ0n) is 15.7. The number of rotatable bonds is 4. The molecule has 0 aliphatic carbocycles. The Balaban J connectivity index is 0.00000225. The normalized spacial score (nSPS) is 18.0. The Morgan fingerprint density at radius 1 is 1.11 bits per heavy atom. The molecule has 7 heteroatoms. The SMILES string of the molecule is CCc1ccc(C2CNCCN2S(=O)(=O)c2cccc3cccnc23)cc1.Cl. The fraction of sp³-hybridized carbons (Fsp3) is 0.286. The van der Waals surface area contributed by atoms with Crippen LogP contribution in [0, 0.1) is 0 Å². The Bertz CT molecular complexity index is 1050. The van der Waals surface area contributed by atoms with E-state index < -0.39 is 10.0 Å². The molecule has 2 heterocycles. The minimum absolute atomic E-state index is 0. The lowest BCUT2D eigenvalue weighted by Crippen LogP contribution is -2.48. The number of sulfonamides is 1. The molecule has 1 atom stereocenters. The Labute approximate surface area is 172 Å². The van der Waals surface area contributed by atoms with Crippen molar-refractivity contribution >= 4 is 33.3 Å². The summed E-state index contributed by atoms with van der Waals surface area (Å²) in [5, 5.41) is 4.16. The number of aryl methyl sites for hydroxylation is 1. The zero-order chi connectivity index (χ0) is 18.9. The molecule has 1 aromatic heterocycles. The molecule has 0 amide bonds. The minimum atomic E-state index is -3.67. The predicted octanol–water partition coefficient (Wildman–Crippen LogP) is 3.55. The molecule has 1 saturated heterocycles. The highest BCUT2D eigenvalue weighted by Crippen LogP contribution is 2.31. The third-order valence-electron chi connectivity index (χ3n) is 5.15. The minimum Gasteiger partial charge on any atom is -0.313 e. The Morgan fingerprint density at radius 3 is 2.61 bits per heavy atom. The van der Waals surface area contributed by atoms with Gasteiger partial charge in [-0.05, 0) is 29.7 Å². The van der Waals surface area contributed by atoms with Gasteiger partial charge in [0.15, 0.2) is 0 Å². The lowest BCUT2D eigenvalue weighted by atomic mass is 10.0. The fourth-order valence-electron chi connectivity index (χ4n) is 3.64. The number of nitrogens with one attached hydrogen (secondary N) is 1. The van der Waals surface area contributed by atoms with Crippen LogP contribution in [0.3, 0.4) is 0 Å². The number of benzene rings is 2. The van der Waals surface area contributed by atoms with Gasteiger partial charge in [-0.25, -0.2) is 8.42 Å². The second-order valence-corrected chi connectivity index (χ2v) is 8.62. The van der Waals surface area contributed by atoms with E-state index >= 15 is 0 Å². The number of hydrogen-bond donors (Lipinski definition) is 1. The summed E-state index contributed by atoms with van der Waals surface area (Å²) in [7, 11) is -3.67. The number of piperazine rings is 1. The van der Waals surface area contributed by atoms with Crippen LogP contribution in [0.4, 0.5) is 0 Å². The van der Waals surface area contributed by atoms with Gasteiger partial charge in [0.05, 0.1) is 11.6 Å². The van der Waals surface area contributed by atoms with E-state index in [2.05, 4.69) is 29.4 Å². The van der Waals surface area contributed by atoms with Crippen molar-refractivity contribution in [3.05, 3.63) is 71.9 Å². The average molecular weight is 418 g/mol. The molecule has 1 aliphatic rings. The fourth-order valence-corrected chi connectivity index (χ4v) is 5.42. The molecule has 2 aromatic carbocycles. The maximum atomic E-state index is 13.6. The molecule has 1 unspecified atom stereocenters. The largest absolute Gasteiger partial charge is 0.313 e. The van der Waals surface area contributed by atoms with Crippen molar-refractivity contribution in [2.45, 2.75) is 24.3 Å². The van der Waals surface area contributed by atoms with Crippen LogP contribution < -0.4 is 5.32 Å². The summed E-state index contributed by atoms with van der Waals surface area (Å²) in [5.74, 6) is 0. The van der Waals surface area contributed by atoms with E-state index in [1.54, 1.807) is 22.6 Å². The Morgan fingerprint density at radius 2 is 1.86 bits per heavy atom. The van der Waals surface area contributed by atoms with Crippen LogP contribution in [0.1, 0.15) is 24.1 Å². The molecule has 148 valence electrons. The van der Waals surface area contributed by atoms with Crippen LogP contribution in [-0.2, 0) is 16.4 Å². The lowest BCUT2D eigenvalue weighted by molar-refractivity contribution is 0.271. The molecule has 3 aromatic rings. The first-order valence-corrected chi connectivity index (χ1v) is 10.7. The smallest absolute Gasteiger partial charge is 0.245 e. The summed E-state index contributed by atoms with van der Waals surface area (Å²) in [5.41, 5.74) is 2.78. The second-order valence-electron chi connectivity index (χ2n) is 6.76. The van der Waals surface area contributed by atoms with E-state index in [4.69, 9.17) is 0 Å². The van der Waals surface area contributed by atoms with Gasteiger partial charge in [0.1, 0.15) is 4.90 Å². The highest BCUT2D eigenvalue weighted by atomic mass is 35.5. The quantitative estimate of drug-likeness (QED) is 0.705. The zero-order valence-corrected chi connectivity index (χ0v) is 17.3. The van der Waals surface area contributed by atoms with Crippen molar-refractivity contribution in [3.63, 3.8) is 0 Å². The van der Waals surface area contributed by atoms with Crippen LogP contribution in [-0.4, -0.2) is 37.3 Å². The predicted molar refractivity (Wildman–Crippen MR) is 114 cm³/mol. The third kappa shape index (κ3) is 3.78. The molecule has 0 radical (unpaired) electrons. The summed E-state index contributed by atoms with van der Waals surface area (Å²) in [6.07, 6.45) is 2.60. The maximum absolute atomic E-state index is 13.6. The van der Waals surface area contributed by atoms with Gasteiger partial charge in [-0.2, -0.15) is 4.31 Å². The molecule has 1 N–H and O–H groups in total. The van der Waals surface area contributed by atoms with Crippen molar-refractivity contribution in [3.8, 4) is 0 Å².